The van der Waals surface area contributed by atoms with Crippen molar-refractivity contribution in [1.29, 1.82) is 0 Å². The Balaban J connectivity index is 2.55. The summed E-state index contributed by atoms with van der Waals surface area (Å²) in [6.07, 6.45) is 2.17. The first kappa shape index (κ1) is 17.5. The van der Waals surface area contributed by atoms with Gasteiger partial charge in [0.25, 0.3) is 0 Å². The number of rotatable bonds is 9. The Bertz CT molecular complexity index is 574. The van der Waals surface area contributed by atoms with Crippen LogP contribution in [0.5, 0.6) is 0 Å². The van der Waals surface area contributed by atoms with Crippen molar-refractivity contribution in [3.63, 3.8) is 0 Å². The van der Waals surface area contributed by atoms with Crippen LogP contribution in [0.4, 0.5) is 5.69 Å². The Morgan fingerprint density at radius 1 is 1.19 bits per heavy atom. The second kappa shape index (κ2) is 8.69. The normalized spacial score (nSPS) is 11.4. The number of hydrogen-bond donors (Lipinski definition) is 1. The third-order valence-electron chi connectivity index (χ3n) is 3.16. The molecule has 6 nitrogen and oxygen atoms in total. The molecule has 0 aliphatic heterocycles. The molecule has 0 radical (unpaired) electrons. The molecule has 0 spiro atoms. The first-order valence-electron chi connectivity index (χ1n) is 6.93. The van der Waals surface area contributed by atoms with E-state index in [4.69, 9.17) is 0 Å². The summed E-state index contributed by atoms with van der Waals surface area (Å²) >= 11 is 0. The maximum absolute atomic E-state index is 12.1. The van der Waals surface area contributed by atoms with Gasteiger partial charge >= 0.3 is 0 Å². The smallest absolute Gasteiger partial charge is 0.240 e. The predicted octanol–water partition coefficient (Wildman–Crippen LogP) is 1.66. The minimum Gasteiger partial charge on any atom is -0.304 e. The van der Waals surface area contributed by atoms with Crippen molar-refractivity contribution < 1.29 is 13.2 Å². The van der Waals surface area contributed by atoms with Gasteiger partial charge in [-0.1, -0.05) is 13.8 Å². The average molecular weight is 311 g/mol. The van der Waals surface area contributed by atoms with E-state index in [9.17, 15) is 13.2 Å². The van der Waals surface area contributed by atoms with Crippen molar-refractivity contribution in [3.8, 4) is 0 Å². The summed E-state index contributed by atoms with van der Waals surface area (Å²) in [5.74, 6) is 0. The van der Waals surface area contributed by atoms with Gasteiger partial charge in [0.2, 0.25) is 16.1 Å². The fourth-order valence-electron chi connectivity index (χ4n) is 1.88. The van der Waals surface area contributed by atoms with Crippen molar-refractivity contribution in [2.24, 2.45) is 4.99 Å². The van der Waals surface area contributed by atoms with Crippen molar-refractivity contribution in [2.75, 3.05) is 26.2 Å². The van der Waals surface area contributed by atoms with Gasteiger partial charge in [0.1, 0.15) is 0 Å². The van der Waals surface area contributed by atoms with E-state index in [-0.39, 0.29) is 4.90 Å². The van der Waals surface area contributed by atoms with Crippen LogP contribution in [-0.4, -0.2) is 45.6 Å². The highest BCUT2D eigenvalue weighted by Gasteiger charge is 2.13. The van der Waals surface area contributed by atoms with E-state index in [0.29, 0.717) is 12.2 Å². The fourth-order valence-corrected chi connectivity index (χ4v) is 2.96. The summed E-state index contributed by atoms with van der Waals surface area (Å²) in [5, 5.41) is 0. The highest BCUT2D eigenvalue weighted by Crippen LogP contribution is 2.15. The zero-order valence-corrected chi connectivity index (χ0v) is 13.2. The van der Waals surface area contributed by atoms with Crippen molar-refractivity contribution in [2.45, 2.75) is 25.2 Å². The van der Waals surface area contributed by atoms with Gasteiger partial charge in [0, 0.05) is 6.54 Å². The zero-order chi connectivity index (χ0) is 15.7. The molecule has 0 fully saturated rings. The summed E-state index contributed by atoms with van der Waals surface area (Å²) < 4.78 is 26.7. The lowest BCUT2D eigenvalue weighted by Gasteiger charge is -2.17. The molecule has 7 heteroatoms. The molecular weight excluding hydrogens is 290 g/mol. The number of nitrogens with one attached hydrogen (secondary N) is 1. The van der Waals surface area contributed by atoms with Gasteiger partial charge in [0.15, 0.2) is 0 Å². The van der Waals surface area contributed by atoms with E-state index in [2.05, 4.69) is 28.5 Å². The minimum atomic E-state index is -3.51. The SMILES string of the molecule is CCN(CC)CCCNS(=O)(=O)c1ccc(N=C=O)cc1. The highest BCUT2D eigenvalue weighted by molar-refractivity contribution is 7.89. The van der Waals surface area contributed by atoms with E-state index in [1.165, 1.54) is 30.3 Å². The maximum Gasteiger partial charge on any atom is 0.240 e. The third kappa shape index (κ3) is 5.77. The molecule has 116 valence electrons. The van der Waals surface area contributed by atoms with Crippen molar-refractivity contribution in [3.05, 3.63) is 24.3 Å². The number of isocyanates is 1. The molecule has 0 heterocycles. The Hall–Kier alpha value is -1.53. The largest absolute Gasteiger partial charge is 0.304 e. The molecule has 0 atom stereocenters. The molecule has 0 amide bonds. The molecule has 1 rings (SSSR count). The standard InChI is InChI=1S/C14H21N3O3S/c1-3-17(4-2)11-5-10-16-21(19,20)14-8-6-13(7-9-14)15-12-18/h6-9,16H,3-5,10-11H2,1-2H3. The number of hydrogen-bond acceptors (Lipinski definition) is 5. The molecule has 0 saturated carbocycles. The predicted molar refractivity (Wildman–Crippen MR) is 81.8 cm³/mol. The van der Waals surface area contributed by atoms with Crippen LogP contribution in [0.2, 0.25) is 0 Å². The zero-order valence-electron chi connectivity index (χ0n) is 12.4. The number of nitrogens with zero attached hydrogens (tertiary/aromatic N) is 2. The lowest BCUT2D eigenvalue weighted by atomic mass is 10.3. The lowest BCUT2D eigenvalue weighted by molar-refractivity contribution is 0.300. The van der Waals surface area contributed by atoms with E-state index in [1.54, 1.807) is 0 Å². The highest BCUT2D eigenvalue weighted by atomic mass is 32.2. The molecule has 0 aliphatic rings. The molecule has 0 unspecified atom stereocenters. The quantitative estimate of drug-likeness (QED) is 0.427. The molecule has 1 aromatic rings. The lowest BCUT2D eigenvalue weighted by Crippen LogP contribution is -2.29. The van der Waals surface area contributed by atoms with E-state index < -0.39 is 10.0 Å². The number of sulfonamides is 1. The van der Waals surface area contributed by atoms with Crippen molar-refractivity contribution >= 4 is 21.8 Å². The summed E-state index contributed by atoms with van der Waals surface area (Å²) in [6.45, 7) is 7.34. The molecule has 21 heavy (non-hydrogen) atoms. The van der Waals surface area contributed by atoms with Crippen LogP contribution in [0.3, 0.4) is 0 Å². The van der Waals surface area contributed by atoms with Crippen LogP contribution in [0.1, 0.15) is 20.3 Å². The van der Waals surface area contributed by atoms with Crippen LogP contribution >= 0.6 is 0 Å². The van der Waals surface area contributed by atoms with Gasteiger partial charge < -0.3 is 4.90 Å². The van der Waals surface area contributed by atoms with Gasteiger partial charge in [0.05, 0.1) is 10.6 Å². The van der Waals surface area contributed by atoms with E-state index in [1.807, 2.05) is 0 Å². The maximum atomic E-state index is 12.1. The third-order valence-corrected chi connectivity index (χ3v) is 4.64. The van der Waals surface area contributed by atoms with E-state index >= 15 is 0 Å². The van der Waals surface area contributed by atoms with Crippen LogP contribution in [-0.2, 0) is 14.8 Å². The summed E-state index contributed by atoms with van der Waals surface area (Å²) in [5.41, 5.74) is 0.380. The topological polar surface area (TPSA) is 78.8 Å². The van der Waals surface area contributed by atoms with Gasteiger partial charge in [-0.25, -0.2) is 17.9 Å². The summed E-state index contributed by atoms with van der Waals surface area (Å²) in [7, 11) is -3.51. The summed E-state index contributed by atoms with van der Waals surface area (Å²) in [6, 6.07) is 5.77. The molecule has 0 aliphatic carbocycles. The van der Waals surface area contributed by atoms with Gasteiger partial charge in [-0.3, -0.25) is 0 Å². The number of carbonyl (C=O) groups excluding carboxylic acids is 1. The Labute approximate surface area is 125 Å². The molecule has 0 bridgehead atoms. The second-order valence-corrected chi connectivity index (χ2v) is 6.24. The van der Waals surface area contributed by atoms with Gasteiger partial charge in [-0.15, -0.1) is 0 Å². The number of aliphatic imine (C=N–C) groups is 1. The van der Waals surface area contributed by atoms with Gasteiger partial charge in [-0.2, -0.15) is 4.99 Å². The van der Waals surface area contributed by atoms with E-state index in [0.717, 1.165) is 26.1 Å². The summed E-state index contributed by atoms with van der Waals surface area (Å²) in [4.78, 5) is 15.9. The first-order chi connectivity index (χ1) is 10.0. The molecular formula is C14H21N3O3S. The number of benzene rings is 1. The van der Waals surface area contributed by atoms with Gasteiger partial charge in [-0.05, 0) is 50.3 Å². The average Bonchev–Trinajstić information content (AvgIpc) is 2.48. The first-order valence-corrected chi connectivity index (χ1v) is 8.41. The van der Waals surface area contributed by atoms with Crippen LogP contribution in [0.25, 0.3) is 0 Å². The Kier molecular flexibility index (Phi) is 7.25. The molecule has 0 saturated heterocycles. The monoisotopic (exact) mass is 311 g/mol. The fraction of sp³-hybridized carbons (Fsp3) is 0.500. The second-order valence-electron chi connectivity index (χ2n) is 4.48. The van der Waals surface area contributed by atoms with Crippen LogP contribution < -0.4 is 4.72 Å². The Morgan fingerprint density at radius 3 is 2.33 bits per heavy atom. The molecule has 1 aromatic carbocycles. The van der Waals surface area contributed by atoms with Crippen molar-refractivity contribution in [1.82, 2.24) is 9.62 Å². The molecule has 1 N–H and O–H groups in total. The van der Waals surface area contributed by atoms with Crippen LogP contribution in [0, 0.1) is 0 Å². The molecule has 0 aromatic heterocycles. The van der Waals surface area contributed by atoms with Crippen LogP contribution in [0.15, 0.2) is 34.2 Å². The minimum absolute atomic E-state index is 0.162. The Morgan fingerprint density at radius 2 is 1.81 bits per heavy atom.